The number of aromatic amines is 1. The van der Waals surface area contributed by atoms with Crippen LogP contribution in [0.1, 0.15) is 38.9 Å². The van der Waals surface area contributed by atoms with Crippen LogP contribution in [-0.4, -0.2) is 9.78 Å². The number of aromatic nitrogens is 2. The Morgan fingerprint density at radius 3 is 2.54 bits per heavy atom. The first kappa shape index (κ1) is 9.89. The molecule has 0 amide bonds. The number of aryl methyl sites for hydroxylation is 1. The molecule has 1 rings (SSSR count). The molecule has 1 unspecified atom stereocenters. The van der Waals surface area contributed by atoms with E-state index in [0.29, 0.717) is 5.69 Å². The van der Waals surface area contributed by atoms with Crippen LogP contribution in [0.3, 0.4) is 0 Å². The third-order valence-corrected chi connectivity index (χ3v) is 2.41. The summed E-state index contributed by atoms with van der Waals surface area (Å²) in [6, 6.07) is 0.190. The number of nitrogen functional groups attached to an aromatic ring is 1. The number of nitrogens with two attached hydrogens (primary N) is 1. The molecule has 0 saturated heterocycles. The van der Waals surface area contributed by atoms with Gasteiger partial charge in [0.25, 0.3) is 5.56 Å². The summed E-state index contributed by atoms with van der Waals surface area (Å²) >= 11 is 0. The second-order valence-corrected chi connectivity index (χ2v) is 3.29. The molecule has 1 atom stereocenters. The summed E-state index contributed by atoms with van der Waals surface area (Å²) in [6.45, 7) is 6.01. The average molecular weight is 183 g/mol. The molecule has 0 saturated carbocycles. The zero-order chi connectivity index (χ0) is 10.0. The third-order valence-electron chi connectivity index (χ3n) is 2.41. The van der Waals surface area contributed by atoms with Gasteiger partial charge in [-0.3, -0.25) is 9.89 Å². The molecule has 3 N–H and O–H groups in total. The Balaban J connectivity index is 3.17. The van der Waals surface area contributed by atoms with E-state index in [4.69, 9.17) is 5.73 Å². The number of nitrogens with zero attached hydrogens (tertiary/aromatic N) is 1. The molecule has 74 valence electrons. The minimum absolute atomic E-state index is 0.0915. The highest BCUT2D eigenvalue weighted by molar-refractivity contribution is 5.40. The summed E-state index contributed by atoms with van der Waals surface area (Å²) < 4.78 is 1.61. The topological polar surface area (TPSA) is 63.8 Å². The fraction of sp³-hybridized carbons (Fsp3) is 0.667. The minimum atomic E-state index is -0.0915. The molecule has 0 aliphatic rings. The molecule has 13 heavy (non-hydrogen) atoms. The van der Waals surface area contributed by atoms with Crippen molar-refractivity contribution in [3.05, 3.63) is 16.0 Å². The van der Waals surface area contributed by atoms with Crippen LogP contribution in [0.15, 0.2) is 4.79 Å². The maximum absolute atomic E-state index is 11.6. The number of anilines is 1. The van der Waals surface area contributed by atoms with Crippen LogP contribution in [0, 0.1) is 0 Å². The zero-order valence-corrected chi connectivity index (χ0v) is 8.42. The van der Waals surface area contributed by atoms with Crippen LogP contribution >= 0.6 is 0 Å². The predicted octanol–water partition coefficient (Wildman–Crippen LogP) is 1.29. The maximum Gasteiger partial charge on any atom is 0.290 e. The Labute approximate surface area is 77.7 Å². The molecular weight excluding hydrogens is 166 g/mol. The van der Waals surface area contributed by atoms with Crippen molar-refractivity contribution < 1.29 is 0 Å². The van der Waals surface area contributed by atoms with E-state index in [9.17, 15) is 4.79 Å². The molecule has 0 aliphatic carbocycles. The Kier molecular flexibility index (Phi) is 2.80. The molecule has 0 aromatic carbocycles. The molecule has 4 nitrogen and oxygen atoms in total. The van der Waals surface area contributed by atoms with E-state index in [0.717, 1.165) is 18.5 Å². The van der Waals surface area contributed by atoms with Crippen molar-refractivity contribution in [3.63, 3.8) is 0 Å². The fourth-order valence-electron chi connectivity index (χ4n) is 1.28. The lowest BCUT2D eigenvalue weighted by atomic mass is 10.3. The number of hydrogen-bond acceptors (Lipinski definition) is 2. The third kappa shape index (κ3) is 1.61. The maximum atomic E-state index is 11.6. The van der Waals surface area contributed by atoms with E-state index in [1.165, 1.54) is 0 Å². The van der Waals surface area contributed by atoms with Crippen LogP contribution in [0.2, 0.25) is 0 Å². The number of H-pyrrole nitrogens is 1. The minimum Gasteiger partial charge on any atom is -0.393 e. The zero-order valence-electron chi connectivity index (χ0n) is 8.42. The number of hydrogen-bond donors (Lipinski definition) is 2. The SMILES string of the molecule is CCc1[nH]n(C(C)CC)c(=O)c1N. The Morgan fingerprint density at radius 2 is 2.15 bits per heavy atom. The number of rotatable bonds is 3. The second kappa shape index (κ2) is 3.68. The Morgan fingerprint density at radius 1 is 1.54 bits per heavy atom. The first-order valence-corrected chi connectivity index (χ1v) is 4.70. The van der Waals surface area contributed by atoms with Gasteiger partial charge in [-0.05, 0) is 19.8 Å². The summed E-state index contributed by atoms with van der Waals surface area (Å²) in [4.78, 5) is 11.6. The number of nitrogens with one attached hydrogen (secondary N) is 1. The van der Waals surface area contributed by atoms with Gasteiger partial charge in [-0.15, -0.1) is 0 Å². The molecule has 0 aliphatic heterocycles. The normalized spacial score (nSPS) is 13.2. The first-order valence-electron chi connectivity index (χ1n) is 4.70. The van der Waals surface area contributed by atoms with E-state index in [-0.39, 0.29) is 11.6 Å². The van der Waals surface area contributed by atoms with Gasteiger partial charge >= 0.3 is 0 Å². The highest BCUT2D eigenvalue weighted by atomic mass is 16.1. The van der Waals surface area contributed by atoms with Gasteiger partial charge < -0.3 is 5.73 Å². The molecule has 1 aromatic heterocycles. The second-order valence-electron chi connectivity index (χ2n) is 3.29. The smallest absolute Gasteiger partial charge is 0.290 e. The highest BCUT2D eigenvalue weighted by Crippen LogP contribution is 2.10. The van der Waals surface area contributed by atoms with Crippen LogP contribution in [0.4, 0.5) is 5.69 Å². The van der Waals surface area contributed by atoms with E-state index < -0.39 is 0 Å². The van der Waals surface area contributed by atoms with Crippen molar-refractivity contribution in [1.82, 2.24) is 9.78 Å². The van der Waals surface area contributed by atoms with E-state index in [1.54, 1.807) is 4.68 Å². The first-order chi connectivity index (χ1) is 6.11. The van der Waals surface area contributed by atoms with Gasteiger partial charge in [0.05, 0.1) is 11.7 Å². The summed E-state index contributed by atoms with van der Waals surface area (Å²) in [5, 5.41) is 3.03. The molecule has 1 aromatic rings. The molecular formula is C9H17N3O. The van der Waals surface area contributed by atoms with Crippen LogP contribution in [0.25, 0.3) is 0 Å². The van der Waals surface area contributed by atoms with Crippen LogP contribution < -0.4 is 11.3 Å². The van der Waals surface area contributed by atoms with Gasteiger partial charge in [-0.1, -0.05) is 13.8 Å². The van der Waals surface area contributed by atoms with E-state index in [1.807, 2.05) is 20.8 Å². The van der Waals surface area contributed by atoms with Crippen molar-refractivity contribution in [2.45, 2.75) is 39.7 Å². The summed E-state index contributed by atoms with van der Waals surface area (Å²) in [7, 11) is 0. The molecule has 1 heterocycles. The average Bonchev–Trinajstić information content (AvgIpc) is 2.43. The van der Waals surface area contributed by atoms with Gasteiger partial charge in [-0.25, -0.2) is 4.68 Å². The summed E-state index contributed by atoms with van der Waals surface area (Å²) in [5.74, 6) is 0. The van der Waals surface area contributed by atoms with Crippen molar-refractivity contribution in [3.8, 4) is 0 Å². The molecule has 0 radical (unpaired) electrons. The Hall–Kier alpha value is -1.19. The van der Waals surface area contributed by atoms with Crippen molar-refractivity contribution in [1.29, 1.82) is 0 Å². The molecule has 4 heteroatoms. The van der Waals surface area contributed by atoms with Crippen LogP contribution in [-0.2, 0) is 6.42 Å². The summed E-state index contributed by atoms with van der Waals surface area (Å²) in [6.07, 6.45) is 1.69. The van der Waals surface area contributed by atoms with Crippen molar-refractivity contribution >= 4 is 5.69 Å². The van der Waals surface area contributed by atoms with Gasteiger partial charge in [0.1, 0.15) is 5.69 Å². The molecule has 0 bridgehead atoms. The highest BCUT2D eigenvalue weighted by Gasteiger charge is 2.12. The standard InChI is InChI=1S/C9H17N3O/c1-4-6(3)12-9(13)8(10)7(5-2)11-12/h6,11H,4-5,10H2,1-3H3. The largest absolute Gasteiger partial charge is 0.393 e. The van der Waals surface area contributed by atoms with E-state index in [2.05, 4.69) is 5.10 Å². The fourth-order valence-corrected chi connectivity index (χ4v) is 1.28. The summed E-state index contributed by atoms with van der Waals surface area (Å²) in [5.41, 5.74) is 6.75. The van der Waals surface area contributed by atoms with Gasteiger partial charge in [0.15, 0.2) is 0 Å². The predicted molar refractivity (Wildman–Crippen MR) is 53.8 cm³/mol. The lowest BCUT2D eigenvalue weighted by molar-refractivity contribution is 0.462. The monoisotopic (exact) mass is 183 g/mol. The molecule has 0 spiro atoms. The van der Waals surface area contributed by atoms with Gasteiger partial charge in [0, 0.05) is 0 Å². The Bertz CT molecular complexity index is 337. The van der Waals surface area contributed by atoms with E-state index >= 15 is 0 Å². The van der Waals surface area contributed by atoms with Crippen molar-refractivity contribution in [2.75, 3.05) is 5.73 Å². The lowest BCUT2D eigenvalue weighted by Crippen LogP contribution is -2.21. The quantitative estimate of drug-likeness (QED) is 0.741. The lowest BCUT2D eigenvalue weighted by Gasteiger charge is -2.08. The molecule has 0 fully saturated rings. The van der Waals surface area contributed by atoms with Gasteiger partial charge in [0.2, 0.25) is 0 Å². The van der Waals surface area contributed by atoms with Gasteiger partial charge in [-0.2, -0.15) is 0 Å². The van der Waals surface area contributed by atoms with Crippen molar-refractivity contribution in [2.24, 2.45) is 0 Å². The van der Waals surface area contributed by atoms with Crippen LogP contribution in [0.5, 0.6) is 0 Å².